The van der Waals surface area contributed by atoms with Crippen LogP contribution in [0.4, 0.5) is 22.0 Å². The van der Waals surface area contributed by atoms with E-state index in [0.717, 1.165) is 12.1 Å². The van der Waals surface area contributed by atoms with Gasteiger partial charge in [0.25, 0.3) is 0 Å². The Balaban J connectivity index is 2.46. The summed E-state index contributed by atoms with van der Waals surface area (Å²) in [6.07, 6.45) is -4.96. The Labute approximate surface area is 128 Å². The first-order valence-electron chi connectivity index (χ1n) is 6.49. The fraction of sp³-hybridized carbons (Fsp3) is 0.200. The van der Waals surface area contributed by atoms with E-state index in [1.165, 1.54) is 24.3 Å². The molecule has 0 saturated heterocycles. The Morgan fingerprint density at radius 2 is 1.74 bits per heavy atom. The second-order valence-electron chi connectivity index (χ2n) is 4.45. The highest BCUT2D eigenvalue weighted by atomic mass is 19.4. The monoisotopic (exact) mass is 333 g/mol. The zero-order chi connectivity index (χ0) is 17.0. The minimum atomic E-state index is -4.96. The molecule has 3 nitrogen and oxygen atoms in total. The maximum Gasteiger partial charge on any atom is 0.573 e. The standard InChI is InChI=1S/C15H12F5NO2/c16-11-3-1-2-10(14(11)17)9-4-5-12(22-7-6-21)13(8-9)23-15(18,19)20/h1-5,8H,6-7,21H2. The number of alkyl halides is 3. The average molecular weight is 333 g/mol. The normalized spacial score (nSPS) is 11.4. The van der Waals surface area contributed by atoms with Gasteiger partial charge in [-0.25, -0.2) is 8.78 Å². The predicted octanol–water partition coefficient (Wildman–Crippen LogP) is 3.87. The lowest BCUT2D eigenvalue weighted by Gasteiger charge is -2.15. The van der Waals surface area contributed by atoms with Crippen molar-refractivity contribution in [2.45, 2.75) is 6.36 Å². The van der Waals surface area contributed by atoms with Crippen LogP contribution in [0.15, 0.2) is 36.4 Å². The van der Waals surface area contributed by atoms with Gasteiger partial charge in [0.05, 0.1) is 0 Å². The van der Waals surface area contributed by atoms with E-state index in [2.05, 4.69) is 4.74 Å². The maximum absolute atomic E-state index is 13.8. The summed E-state index contributed by atoms with van der Waals surface area (Å²) < 4.78 is 73.4. The summed E-state index contributed by atoms with van der Waals surface area (Å²) in [5, 5.41) is 0. The summed E-state index contributed by atoms with van der Waals surface area (Å²) in [6.45, 7) is 0.0631. The number of rotatable bonds is 5. The molecule has 2 aromatic carbocycles. The highest BCUT2D eigenvalue weighted by Crippen LogP contribution is 2.37. The van der Waals surface area contributed by atoms with Gasteiger partial charge in [-0.3, -0.25) is 0 Å². The van der Waals surface area contributed by atoms with Crippen LogP contribution in [0.5, 0.6) is 11.5 Å². The third kappa shape index (κ3) is 4.32. The fourth-order valence-corrected chi connectivity index (χ4v) is 1.89. The molecule has 8 heteroatoms. The van der Waals surface area contributed by atoms with Gasteiger partial charge in [0.15, 0.2) is 23.1 Å². The summed E-state index contributed by atoms with van der Waals surface area (Å²) in [5.41, 5.74) is 5.05. The van der Waals surface area contributed by atoms with Crippen molar-refractivity contribution in [3.8, 4) is 22.6 Å². The molecular formula is C15H12F5NO2. The Kier molecular flexibility index (Phi) is 5.05. The molecule has 0 saturated carbocycles. The van der Waals surface area contributed by atoms with Crippen molar-refractivity contribution in [3.63, 3.8) is 0 Å². The topological polar surface area (TPSA) is 44.5 Å². The van der Waals surface area contributed by atoms with Crippen LogP contribution in [-0.2, 0) is 0 Å². The Morgan fingerprint density at radius 1 is 1.00 bits per heavy atom. The summed E-state index contributed by atoms with van der Waals surface area (Å²) >= 11 is 0. The van der Waals surface area contributed by atoms with Crippen molar-refractivity contribution in [1.29, 1.82) is 0 Å². The van der Waals surface area contributed by atoms with Crippen molar-refractivity contribution in [3.05, 3.63) is 48.0 Å². The van der Waals surface area contributed by atoms with Gasteiger partial charge < -0.3 is 15.2 Å². The summed E-state index contributed by atoms with van der Waals surface area (Å²) in [6, 6.07) is 6.80. The Hall–Kier alpha value is -2.35. The van der Waals surface area contributed by atoms with Gasteiger partial charge in [0, 0.05) is 12.1 Å². The molecular weight excluding hydrogens is 321 g/mol. The van der Waals surface area contributed by atoms with Gasteiger partial charge in [-0.15, -0.1) is 13.2 Å². The van der Waals surface area contributed by atoms with Crippen molar-refractivity contribution < 1.29 is 31.4 Å². The number of benzene rings is 2. The molecule has 0 heterocycles. The van der Waals surface area contributed by atoms with Crippen LogP contribution in [0.2, 0.25) is 0 Å². The Morgan fingerprint density at radius 3 is 2.39 bits per heavy atom. The number of ether oxygens (including phenoxy) is 2. The van der Waals surface area contributed by atoms with Gasteiger partial charge in [0.2, 0.25) is 0 Å². The molecule has 0 radical (unpaired) electrons. The lowest BCUT2D eigenvalue weighted by Crippen LogP contribution is -2.18. The molecule has 0 aliphatic rings. The summed E-state index contributed by atoms with van der Waals surface area (Å²) in [4.78, 5) is 0. The van der Waals surface area contributed by atoms with Crippen molar-refractivity contribution in [1.82, 2.24) is 0 Å². The number of nitrogens with two attached hydrogens (primary N) is 1. The van der Waals surface area contributed by atoms with Gasteiger partial charge >= 0.3 is 6.36 Å². The van der Waals surface area contributed by atoms with Crippen LogP contribution in [0.3, 0.4) is 0 Å². The number of hydrogen-bond acceptors (Lipinski definition) is 3. The summed E-state index contributed by atoms with van der Waals surface area (Å²) in [5.74, 6) is -3.13. The zero-order valence-electron chi connectivity index (χ0n) is 11.7. The van der Waals surface area contributed by atoms with Crippen LogP contribution in [0.1, 0.15) is 0 Å². The minimum Gasteiger partial charge on any atom is -0.488 e. The smallest absolute Gasteiger partial charge is 0.488 e. The van der Waals surface area contributed by atoms with Gasteiger partial charge in [0.1, 0.15) is 6.61 Å². The molecule has 0 aromatic heterocycles. The predicted molar refractivity (Wildman–Crippen MR) is 73.0 cm³/mol. The molecule has 0 spiro atoms. The second-order valence-corrected chi connectivity index (χ2v) is 4.45. The molecule has 0 bridgehead atoms. The van der Waals surface area contributed by atoms with Crippen LogP contribution < -0.4 is 15.2 Å². The van der Waals surface area contributed by atoms with E-state index in [-0.39, 0.29) is 30.0 Å². The van der Waals surface area contributed by atoms with E-state index in [0.29, 0.717) is 0 Å². The number of halogens is 5. The van der Waals surface area contributed by atoms with E-state index in [9.17, 15) is 22.0 Å². The first kappa shape index (κ1) is 17.0. The molecule has 2 rings (SSSR count). The van der Waals surface area contributed by atoms with Crippen molar-refractivity contribution >= 4 is 0 Å². The van der Waals surface area contributed by atoms with Crippen molar-refractivity contribution in [2.24, 2.45) is 5.73 Å². The van der Waals surface area contributed by atoms with Crippen LogP contribution in [-0.4, -0.2) is 19.5 Å². The molecule has 2 aromatic rings. The molecule has 0 unspecified atom stereocenters. The molecule has 23 heavy (non-hydrogen) atoms. The lowest BCUT2D eigenvalue weighted by molar-refractivity contribution is -0.275. The molecule has 0 amide bonds. The number of hydrogen-bond donors (Lipinski definition) is 1. The van der Waals surface area contributed by atoms with Gasteiger partial charge in [-0.1, -0.05) is 18.2 Å². The largest absolute Gasteiger partial charge is 0.573 e. The molecule has 124 valence electrons. The highest BCUT2D eigenvalue weighted by molar-refractivity contribution is 5.67. The molecule has 0 atom stereocenters. The van der Waals surface area contributed by atoms with E-state index < -0.39 is 23.7 Å². The quantitative estimate of drug-likeness (QED) is 0.845. The molecule has 2 N–H and O–H groups in total. The van der Waals surface area contributed by atoms with Crippen molar-refractivity contribution in [2.75, 3.05) is 13.2 Å². The van der Waals surface area contributed by atoms with Crippen LogP contribution >= 0.6 is 0 Å². The maximum atomic E-state index is 13.8. The Bertz CT molecular complexity index is 688. The molecule has 0 aliphatic heterocycles. The van der Waals surface area contributed by atoms with E-state index in [1.807, 2.05) is 0 Å². The van der Waals surface area contributed by atoms with Gasteiger partial charge in [-0.2, -0.15) is 0 Å². The van der Waals surface area contributed by atoms with E-state index in [4.69, 9.17) is 10.5 Å². The third-order valence-electron chi connectivity index (χ3n) is 2.81. The average Bonchev–Trinajstić information content (AvgIpc) is 2.47. The SMILES string of the molecule is NCCOc1ccc(-c2cccc(F)c2F)cc1OC(F)(F)F. The second kappa shape index (κ2) is 6.82. The van der Waals surface area contributed by atoms with E-state index in [1.54, 1.807) is 0 Å². The molecule has 0 fully saturated rings. The highest BCUT2D eigenvalue weighted by Gasteiger charge is 2.32. The first-order valence-corrected chi connectivity index (χ1v) is 6.49. The van der Waals surface area contributed by atoms with Crippen LogP contribution in [0.25, 0.3) is 11.1 Å². The summed E-state index contributed by atoms with van der Waals surface area (Å²) in [7, 11) is 0. The molecule has 0 aliphatic carbocycles. The fourth-order valence-electron chi connectivity index (χ4n) is 1.89. The van der Waals surface area contributed by atoms with Gasteiger partial charge in [-0.05, 0) is 23.8 Å². The minimum absolute atomic E-state index is 0.0151. The lowest BCUT2D eigenvalue weighted by atomic mass is 10.0. The third-order valence-corrected chi connectivity index (χ3v) is 2.81. The zero-order valence-corrected chi connectivity index (χ0v) is 11.7. The van der Waals surface area contributed by atoms with E-state index >= 15 is 0 Å². The van der Waals surface area contributed by atoms with Crippen LogP contribution in [0, 0.1) is 11.6 Å². The first-order chi connectivity index (χ1) is 10.8.